The van der Waals surface area contributed by atoms with Crippen LogP contribution < -0.4 is 10.5 Å². The van der Waals surface area contributed by atoms with Crippen LogP contribution in [-0.4, -0.2) is 18.1 Å². The average Bonchev–Trinajstić information content (AvgIpc) is 2.98. The lowest BCUT2D eigenvalue weighted by molar-refractivity contribution is 0.396. The number of hydrogen-bond acceptors (Lipinski definition) is 3. The van der Waals surface area contributed by atoms with Crippen LogP contribution in [0.5, 0.6) is 5.88 Å². The third-order valence-electron chi connectivity index (χ3n) is 3.18. The molecule has 2 rings (SSSR count). The predicted octanol–water partition coefficient (Wildman–Crippen LogP) is 1.47. The molecule has 76 valence electrons. The Balaban J connectivity index is 2.32. The molecule has 0 amide bonds. The molecule has 0 spiro atoms. The van der Waals surface area contributed by atoms with Crippen molar-refractivity contribution in [1.82, 2.24) is 4.98 Å². The fourth-order valence-electron chi connectivity index (χ4n) is 1.97. The first-order chi connectivity index (χ1) is 6.69. The van der Waals surface area contributed by atoms with Crippen LogP contribution in [0.4, 0.5) is 0 Å². The third-order valence-corrected chi connectivity index (χ3v) is 3.18. The molecule has 1 unspecified atom stereocenters. The summed E-state index contributed by atoms with van der Waals surface area (Å²) in [6, 6.07) is 4.24. The van der Waals surface area contributed by atoms with E-state index in [0.717, 1.165) is 0 Å². The van der Waals surface area contributed by atoms with Crippen molar-refractivity contribution in [2.75, 3.05) is 7.11 Å². The molecule has 14 heavy (non-hydrogen) atoms. The van der Waals surface area contributed by atoms with Gasteiger partial charge >= 0.3 is 0 Å². The van der Waals surface area contributed by atoms with Gasteiger partial charge in [-0.3, -0.25) is 0 Å². The molecule has 1 atom stereocenters. The van der Waals surface area contributed by atoms with Gasteiger partial charge in [-0.25, -0.2) is 4.98 Å². The van der Waals surface area contributed by atoms with Gasteiger partial charge in [0.05, 0.1) is 7.11 Å². The quantitative estimate of drug-likeness (QED) is 0.789. The number of methoxy groups -OCH3 is 1. The van der Waals surface area contributed by atoms with Gasteiger partial charge in [0.1, 0.15) is 0 Å². The second-order valence-corrected chi connectivity index (χ2v) is 4.03. The van der Waals surface area contributed by atoms with Crippen molar-refractivity contribution >= 4 is 0 Å². The van der Waals surface area contributed by atoms with E-state index in [9.17, 15) is 0 Å². The van der Waals surface area contributed by atoms with Crippen LogP contribution in [0.2, 0.25) is 0 Å². The summed E-state index contributed by atoms with van der Waals surface area (Å²) >= 11 is 0. The molecule has 2 N–H and O–H groups in total. The van der Waals surface area contributed by atoms with E-state index in [1.807, 2.05) is 12.1 Å². The summed E-state index contributed by atoms with van der Waals surface area (Å²) in [4.78, 5) is 4.10. The zero-order valence-corrected chi connectivity index (χ0v) is 8.66. The van der Waals surface area contributed by atoms with Crippen molar-refractivity contribution in [3.63, 3.8) is 0 Å². The first kappa shape index (κ1) is 9.46. The van der Waals surface area contributed by atoms with Gasteiger partial charge in [0.2, 0.25) is 5.88 Å². The molecular formula is C11H16N2O. The first-order valence-electron chi connectivity index (χ1n) is 4.95. The average molecular weight is 192 g/mol. The summed E-state index contributed by atoms with van der Waals surface area (Å²) < 4.78 is 5.11. The van der Waals surface area contributed by atoms with Crippen LogP contribution in [0.3, 0.4) is 0 Å². The van der Waals surface area contributed by atoms with Gasteiger partial charge in [-0.15, -0.1) is 0 Å². The van der Waals surface area contributed by atoms with Crippen molar-refractivity contribution in [3.05, 3.63) is 23.9 Å². The Morgan fingerprint density at radius 2 is 2.29 bits per heavy atom. The number of pyridine rings is 1. The minimum absolute atomic E-state index is 0.191. The Labute approximate surface area is 84.3 Å². The Morgan fingerprint density at radius 1 is 1.57 bits per heavy atom. The molecule has 1 aliphatic rings. The van der Waals surface area contributed by atoms with E-state index in [0.29, 0.717) is 5.88 Å². The molecule has 1 saturated carbocycles. The highest BCUT2D eigenvalue weighted by Crippen LogP contribution is 2.50. The lowest BCUT2D eigenvalue weighted by Gasteiger charge is -2.20. The van der Waals surface area contributed by atoms with Crippen LogP contribution in [0.1, 0.15) is 25.3 Å². The van der Waals surface area contributed by atoms with Crippen LogP contribution in [0.25, 0.3) is 0 Å². The molecule has 0 aromatic carbocycles. The second kappa shape index (κ2) is 3.24. The number of rotatable bonds is 3. The van der Waals surface area contributed by atoms with Crippen molar-refractivity contribution in [2.24, 2.45) is 5.73 Å². The van der Waals surface area contributed by atoms with Crippen LogP contribution in [-0.2, 0) is 5.41 Å². The monoisotopic (exact) mass is 192 g/mol. The molecule has 0 saturated heterocycles. The van der Waals surface area contributed by atoms with Crippen molar-refractivity contribution in [3.8, 4) is 5.88 Å². The Morgan fingerprint density at radius 3 is 2.79 bits per heavy atom. The smallest absolute Gasteiger partial charge is 0.213 e. The lowest BCUT2D eigenvalue weighted by atomic mass is 9.90. The van der Waals surface area contributed by atoms with E-state index in [1.165, 1.54) is 18.4 Å². The Hall–Kier alpha value is -1.09. The zero-order chi connectivity index (χ0) is 10.2. The van der Waals surface area contributed by atoms with Gasteiger partial charge in [0.15, 0.2) is 0 Å². The number of aromatic nitrogens is 1. The van der Waals surface area contributed by atoms with Gasteiger partial charge in [0, 0.05) is 23.7 Å². The van der Waals surface area contributed by atoms with E-state index < -0.39 is 0 Å². The fourth-order valence-corrected chi connectivity index (χ4v) is 1.97. The van der Waals surface area contributed by atoms with Crippen molar-refractivity contribution in [1.29, 1.82) is 0 Å². The number of nitrogens with zero attached hydrogens (tertiary/aromatic N) is 1. The highest BCUT2D eigenvalue weighted by atomic mass is 16.5. The normalized spacial score (nSPS) is 20.2. The van der Waals surface area contributed by atoms with E-state index in [1.54, 1.807) is 13.3 Å². The summed E-state index contributed by atoms with van der Waals surface area (Å²) in [5.41, 5.74) is 7.45. The summed E-state index contributed by atoms with van der Waals surface area (Å²) in [5.74, 6) is 0.675. The topological polar surface area (TPSA) is 48.1 Å². The van der Waals surface area contributed by atoms with Crippen LogP contribution in [0.15, 0.2) is 18.3 Å². The van der Waals surface area contributed by atoms with Crippen LogP contribution in [0, 0.1) is 0 Å². The van der Waals surface area contributed by atoms with Gasteiger partial charge in [-0.2, -0.15) is 0 Å². The molecular weight excluding hydrogens is 176 g/mol. The minimum atomic E-state index is 0.191. The predicted molar refractivity (Wildman–Crippen MR) is 55.4 cm³/mol. The van der Waals surface area contributed by atoms with E-state index in [4.69, 9.17) is 10.5 Å². The van der Waals surface area contributed by atoms with Gasteiger partial charge in [-0.1, -0.05) is 0 Å². The molecule has 0 bridgehead atoms. The van der Waals surface area contributed by atoms with E-state index in [-0.39, 0.29) is 11.5 Å². The SMILES string of the molecule is COc1cc(C2(C(C)N)CC2)ccn1. The molecule has 1 aromatic heterocycles. The molecule has 3 nitrogen and oxygen atoms in total. The molecule has 1 fully saturated rings. The van der Waals surface area contributed by atoms with E-state index in [2.05, 4.69) is 11.9 Å². The Bertz CT molecular complexity index is 332. The molecule has 1 heterocycles. The maximum atomic E-state index is 6.00. The first-order valence-corrected chi connectivity index (χ1v) is 4.95. The molecule has 0 radical (unpaired) electrons. The maximum Gasteiger partial charge on any atom is 0.213 e. The fraction of sp³-hybridized carbons (Fsp3) is 0.545. The summed E-state index contributed by atoms with van der Waals surface area (Å²) in [7, 11) is 1.64. The standard InChI is InChI=1S/C11H16N2O/c1-8(12)11(4-5-11)9-3-6-13-10(7-9)14-2/h3,6-8H,4-5,12H2,1-2H3. The van der Waals surface area contributed by atoms with Crippen LogP contribution >= 0.6 is 0 Å². The third kappa shape index (κ3) is 1.38. The molecule has 3 heteroatoms. The lowest BCUT2D eigenvalue weighted by Crippen LogP contribution is -2.31. The Kier molecular flexibility index (Phi) is 2.19. The van der Waals surface area contributed by atoms with E-state index >= 15 is 0 Å². The molecule has 1 aromatic rings. The summed E-state index contributed by atoms with van der Waals surface area (Å²) in [6.07, 6.45) is 4.15. The zero-order valence-electron chi connectivity index (χ0n) is 8.66. The van der Waals surface area contributed by atoms with Gasteiger partial charge in [0.25, 0.3) is 0 Å². The number of ether oxygens (including phenoxy) is 1. The number of hydrogen-bond donors (Lipinski definition) is 1. The maximum absolute atomic E-state index is 6.00. The van der Waals surface area contributed by atoms with Crippen molar-refractivity contribution in [2.45, 2.75) is 31.2 Å². The summed E-state index contributed by atoms with van der Waals surface area (Å²) in [5, 5.41) is 0. The molecule has 1 aliphatic carbocycles. The highest BCUT2D eigenvalue weighted by molar-refractivity contribution is 5.35. The second-order valence-electron chi connectivity index (χ2n) is 4.03. The summed E-state index contributed by atoms with van der Waals surface area (Å²) in [6.45, 7) is 2.07. The van der Waals surface area contributed by atoms with Crippen molar-refractivity contribution < 1.29 is 4.74 Å². The molecule has 0 aliphatic heterocycles. The van der Waals surface area contributed by atoms with Gasteiger partial charge in [-0.05, 0) is 31.4 Å². The van der Waals surface area contributed by atoms with Gasteiger partial charge < -0.3 is 10.5 Å². The minimum Gasteiger partial charge on any atom is -0.481 e. The largest absolute Gasteiger partial charge is 0.481 e. The highest BCUT2D eigenvalue weighted by Gasteiger charge is 2.47. The number of nitrogens with two attached hydrogens (primary N) is 1.